The summed E-state index contributed by atoms with van der Waals surface area (Å²) in [7, 11) is 0. The summed E-state index contributed by atoms with van der Waals surface area (Å²) in [5, 5.41) is 2.43. The molecular formula is C18H13Br2F. The van der Waals surface area contributed by atoms with E-state index in [0.717, 1.165) is 6.42 Å². The summed E-state index contributed by atoms with van der Waals surface area (Å²) < 4.78 is 14.7. The predicted octanol–water partition coefficient (Wildman–Crippen LogP) is 6.42. The predicted molar refractivity (Wildman–Crippen MR) is 93.4 cm³/mol. The molecule has 0 saturated heterocycles. The minimum Gasteiger partial charge on any atom is -0.205 e. The minimum absolute atomic E-state index is 0.0548. The number of halogens is 3. The first kappa shape index (κ1) is 14.7. The number of rotatable bonds is 3. The molecule has 3 heteroatoms. The van der Waals surface area contributed by atoms with E-state index in [1.807, 2.05) is 24.3 Å². The second-order valence-electron chi connectivity index (χ2n) is 4.95. The molecule has 0 bridgehead atoms. The average molecular weight is 408 g/mol. The van der Waals surface area contributed by atoms with Crippen LogP contribution in [0.15, 0.2) is 65.1 Å². The lowest BCUT2D eigenvalue weighted by molar-refractivity contribution is 0.601. The van der Waals surface area contributed by atoms with Gasteiger partial charge < -0.3 is 0 Å². The van der Waals surface area contributed by atoms with Gasteiger partial charge in [0.1, 0.15) is 5.82 Å². The van der Waals surface area contributed by atoms with Crippen molar-refractivity contribution in [2.24, 2.45) is 0 Å². The van der Waals surface area contributed by atoms with Crippen LogP contribution in [0.1, 0.15) is 16.0 Å². The van der Waals surface area contributed by atoms with E-state index in [9.17, 15) is 4.39 Å². The molecule has 0 N–H and O–H groups in total. The molecule has 0 nitrogen and oxygen atoms in total. The van der Waals surface area contributed by atoms with Crippen molar-refractivity contribution in [3.63, 3.8) is 0 Å². The van der Waals surface area contributed by atoms with Crippen molar-refractivity contribution < 1.29 is 4.39 Å². The highest BCUT2D eigenvalue weighted by molar-refractivity contribution is 9.10. The summed E-state index contributed by atoms with van der Waals surface area (Å²) in [6, 6.07) is 19.9. The van der Waals surface area contributed by atoms with E-state index in [0.29, 0.717) is 10.0 Å². The van der Waals surface area contributed by atoms with Gasteiger partial charge in [-0.1, -0.05) is 70.5 Å². The highest BCUT2D eigenvalue weighted by Crippen LogP contribution is 2.33. The van der Waals surface area contributed by atoms with E-state index < -0.39 is 0 Å². The maximum absolute atomic E-state index is 14.2. The molecule has 0 aromatic heterocycles. The lowest BCUT2D eigenvalue weighted by atomic mass is 9.98. The number of hydrogen-bond acceptors (Lipinski definition) is 0. The van der Waals surface area contributed by atoms with Crippen LogP contribution in [0, 0.1) is 5.82 Å². The fourth-order valence-electron chi connectivity index (χ4n) is 2.54. The zero-order valence-electron chi connectivity index (χ0n) is 11.2. The van der Waals surface area contributed by atoms with E-state index >= 15 is 0 Å². The van der Waals surface area contributed by atoms with Crippen LogP contribution in [0.3, 0.4) is 0 Å². The first-order chi connectivity index (χ1) is 10.2. The summed E-state index contributed by atoms with van der Waals surface area (Å²) in [6.07, 6.45) is 0.745. The SMILES string of the molecule is Fc1c(Br)cccc1C(Br)Cc1cccc2ccccc12. The third-order valence-electron chi connectivity index (χ3n) is 3.60. The van der Waals surface area contributed by atoms with Crippen LogP contribution in [0.25, 0.3) is 10.8 Å². The molecule has 3 aromatic carbocycles. The molecule has 0 radical (unpaired) electrons. The normalized spacial score (nSPS) is 12.5. The van der Waals surface area contributed by atoms with E-state index in [2.05, 4.69) is 62.2 Å². The van der Waals surface area contributed by atoms with Crippen molar-refractivity contribution in [2.45, 2.75) is 11.2 Å². The maximum Gasteiger partial charge on any atom is 0.141 e. The van der Waals surface area contributed by atoms with Crippen molar-refractivity contribution in [1.29, 1.82) is 0 Å². The quantitative estimate of drug-likeness (QED) is 0.439. The molecule has 0 spiro atoms. The van der Waals surface area contributed by atoms with Crippen molar-refractivity contribution in [2.75, 3.05) is 0 Å². The molecule has 0 heterocycles. The standard InChI is InChI=1S/C18H13Br2F/c19-16-10-4-9-15(18(16)21)17(20)11-13-7-3-6-12-5-1-2-8-14(12)13/h1-10,17H,11H2. The molecule has 3 rings (SSSR count). The van der Waals surface area contributed by atoms with E-state index in [-0.39, 0.29) is 10.6 Å². The van der Waals surface area contributed by atoms with Gasteiger partial charge in [-0.2, -0.15) is 0 Å². The Labute approximate surface area is 140 Å². The van der Waals surface area contributed by atoms with Crippen molar-refractivity contribution >= 4 is 42.6 Å². The van der Waals surface area contributed by atoms with Gasteiger partial charge in [-0.25, -0.2) is 4.39 Å². The third-order valence-corrected chi connectivity index (χ3v) is 5.03. The Morgan fingerprint density at radius 2 is 1.62 bits per heavy atom. The van der Waals surface area contributed by atoms with Crippen LogP contribution < -0.4 is 0 Å². The highest BCUT2D eigenvalue weighted by Gasteiger charge is 2.16. The Kier molecular flexibility index (Phi) is 4.41. The van der Waals surface area contributed by atoms with Gasteiger partial charge in [0.25, 0.3) is 0 Å². The lowest BCUT2D eigenvalue weighted by Crippen LogP contribution is -2.00. The van der Waals surface area contributed by atoms with Gasteiger partial charge >= 0.3 is 0 Å². The summed E-state index contributed by atoms with van der Waals surface area (Å²) in [5.74, 6) is -0.195. The largest absolute Gasteiger partial charge is 0.205 e. The summed E-state index contributed by atoms with van der Waals surface area (Å²) >= 11 is 6.88. The van der Waals surface area contributed by atoms with Gasteiger partial charge in [-0.3, -0.25) is 0 Å². The van der Waals surface area contributed by atoms with E-state index in [4.69, 9.17) is 0 Å². The lowest BCUT2D eigenvalue weighted by Gasteiger charge is -2.14. The van der Waals surface area contributed by atoms with Crippen LogP contribution in [-0.2, 0) is 6.42 Å². The molecule has 1 unspecified atom stereocenters. The second-order valence-corrected chi connectivity index (χ2v) is 6.91. The Morgan fingerprint density at radius 1 is 0.905 bits per heavy atom. The Hall–Kier alpha value is -1.19. The van der Waals surface area contributed by atoms with Crippen LogP contribution in [0.2, 0.25) is 0 Å². The molecule has 0 saturated carbocycles. The monoisotopic (exact) mass is 406 g/mol. The molecule has 0 aliphatic carbocycles. The Bertz CT molecular complexity index is 778. The van der Waals surface area contributed by atoms with Crippen LogP contribution >= 0.6 is 31.9 Å². The van der Waals surface area contributed by atoms with Gasteiger partial charge in [0, 0.05) is 10.4 Å². The van der Waals surface area contributed by atoms with Gasteiger partial charge in [-0.15, -0.1) is 0 Å². The van der Waals surface area contributed by atoms with Gasteiger partial charge in [-0.05, 0) is 44.8 Å². The smallest absolute Gasteiger partial charge is 0.141 e. The van der Waals surface area contributed by atoms with Crippen molar-refractivity contribution in [3.8, 4) is 0 Å². The first-order valence-corrected chi connectivity index (χ1v) is 8.42. The maximum atomic E-state index is 14.2. The summed E-state index contributed by atoms with van der Waals surface area (Å²) in [6.45, 7) is 0. The molecule has 0 aliphatic heterocycles. The average Bonchev–Trinajstić information content (AvgIpc) is 2.50. The van der Waals surface area contributed by atoms with Crippen molar-refractivity contribution in [1.82, 2.24) is 0 Å². The van der Waals surface area contributed by atoms with Crippen LogP contribution in [-0.4, -0.2) is 0 Å². The van der Waals surface area contributed by atoms with Crippen molar-refractivity contribution in [3.05, 3.63) is 82.1 Å². The minimum atomic E-state index is -0.195. The molecular weight excluding hydrogens is 395 g/mol. The molecule has 0 aliphatic rings. The van der Waals surface area contributed by atoms with E-state index in [1.165, 1.54) is 16.3 Å². The number of hydrogen-bond donors (Lipinski definition) is 0. The van der Waals surface area contributed by atoms with Gasteiger partial charge in [0.15, 0.2) is 0 Å². The van der Waals surface area contributed by atoms with Gasteiger partial charge in [0.05, 0.1) is 4.47 Å². The number of alkyl halides is 1. The zero-order chi connectivity index (χ0) is 14.8. The number of benzene rings is 3. The Morgan fingerprint density at radius 3 is 2.48 bits per heavy atom. The zero-order valence-corrected chi connectivity index (χ0v) is 14.4. The fraction of sp³-hybridized carbons (Fsp3) is 0.111. The van der Waals surface area contributed by atoms with Crippen LogP contribution in [0.5, 0.6) is 0 Å². The third kappa shape index (κ3) is 3.04. The molecule has 3 aromatic rings. The van der Waals surface area contributed by atoms with E-state index in [1.54, 1.807) is 6.07 Å². The molecule has 0 amide bonds. The summed E-state index contributed by atoms with van der Waals surface area (Å²) in [4.78, 5) is -0.0548. The molecule has 1 atom stereocenters. The molecule has 0 fully saturated rings. The topological polar surface area (TPSA) is 0 Å². The second kappa shape index (κ2) is 6.29. The van der Waals surface area contributed by atoms with Gasteiger partial charge in [0.2, 0.25) is 0 Å². The fourth-order valence-corrected chi connectivity index (χ4v) is 3.62. The molecule has 106 valence electrons. The summed E-state index contributed by atoms with van der Waals surface area (Å²) in [5.41, 5.74) is 1.90. The Balaban J connectivity index is 1.97. The highest BCUT2D eigenvalue weighted by atomic mass is 79.9. The molecule has 21 heavy (non-hydrogen) atoms. The number of fused-ring (bicyclic) bond motifs is 1. The first-order valence-electron chi connectivity index (χ1n) is 6.71. The van der Waals surface area contributed by atoms with Crippen LogP contribution in [0.4, 0.5) is 4.39 Å².